The van der Waals surface area contributed by atoms with Gasteiger partial charge in [0.05, 0.1) is 24.8 Å². The zero-order valence-corrected chi connectivity index (χ0v) is 13.9. The summed E-state index contributed by atoms with van der Waals surface area (Å²) in [5.74, 6) is 0.308. The van der Waals surface area contributed by atoms with Crippen molar-refractivity contribution in [3.8, 4) is 5.75 Å². The van der Waals surface area contributed by atoms with E-state index < -0.39 is 0 Å². The molecule has 0 amide bonds. The smallest absolute Gasteiger partial charge is 0.320 e. The molecule has 1 aliphatic heterocycles. The molecule has 0 spiro atoms. The first-order chi connectivity index (χ1) is 10.6. The Balaban J connectivity index is 1.82. The largest absolute Gasteiger partial charge is 0.489 e. The molecule has 22 heavy (non-hydrogen) atoms. The highest BCUT2D eigenvalue weighted by atomic mass is 35.5. The Morgan fingerprint density at radius 3 is 3.05 bits per heavy atom. The summed E-state index contributed by atoms with van der Waals surface area (Å²) < 4.78 is 16.3. The average Bonchev–Trinajstić information content (AvgIpc) is 2.49. The van der Waals surface area contributed by atoms with Crippen LogP contribution in [0.1, 0.15) is 6.92 Å². The Labute approximate surface area is 140 Å². The molecule has 1 saturated heterocycles. The van der Waals surface area contributed by atoms with E-state index >= 15 is 0 Å². The second-order valence-electron chi connectivity index (χ2n) is 4.92. The fraction of sp³-hybridized carbons (Fsp3) is 0.533. The fourth-order valence-corrected chi connectivity index (χ4v) is 2.52. The summed E-state index contributed by atoms with van der Waals surface area (Å²) >= 11 is 12.0. The Morgan fingerprint density at radius 2 is 2.27 bits per heavy atom. The minimum absolute atomic E-state index is 0.127. The van der Waals surface area contributed by atoms with Crippen LogP contribution in [0, 0.1) is 0 Å². The van der Waals surface area contributed by atoms with Crippen molar-refractivity contribution in [3.63, 3.8) is 0 Å². The van der Waals surface area contributed by atoms with Gasteiger partial charge in [0.2, 0.25) is 0 Å². The van der Waals surface area contributed by atoms with Gasteiger partial charge in [-0.1, -0.05) is 23.2 Å². The van der Waals surface area contributed by atoms with E-state index in [4.69, 9.17) is 37.4 Å². The van der Waals surface area contributed by atoms with Gasteiger partial charge in [0.25, 0.3) is 0 Å². The summed E-state index contributed by atoms with van der Waals surface area (Å²) in [5, 5.41) is 1.07. The van der Waals surface area contributed by atoms with Crippen molar-refractivity contribution in [1.29, 1.82) is 0 Å². The molecule has 1 atom stereocenters. The van der Waals surface area contributed by atoms with E-state index in [9.17, 15) is 4.79 Å². The predicted molar refractivity (Wildman–Crippen MR) is 84.8 cm³/mol. The van der Waals surface area contributed by atoms with Gasteiger partial charge in [-0.05, 0) is 19.1 Å². The van der Waals surface area contributed by atoms with Crippen LogP contribution < -0.4 is 4.74 Å². The van der Waals surface area contributed by atoms with E-state index in [2.05, 4.69) is 0 Å². The van der Waals surface area contributed by atoms with Crippen LogP contribution in [0.5, 0.6) is 5.75 Å². The Morgan fingerprint density at radius 1 is 1.45 bits per heavy atom. The van der Waals surface area contributed by atoms with Crippen molar-refractivity contribution in [3.05, 3.63) is 28.2 Å². The summed E-state index contributed by atoms with van der Waals surface area (Å²) in [5.41, 5.74) is 0. The first kappa shape index (κ1) is 17.3. The molecule has 1 aromatic rings. The number of halogens is 2. The molecule has 122 valence electrons. The lowest BCUT2D eigenvalue weighted by Gasteiger charge is -2.32. The molecule has 1 aromatic carbocycles. The quantitative estimate of drug-likeness (QED) is 0.740. The van der Waals surface area contributed by atoms with Gasteiger partial charge < -0.3 is 14.2 Å². The van der Waals surface area contributed by atoms with Gasteiger partial charge in [0.15, 0.2) is 0 Å². The summed E-state index contributed by atoms with van der Waals surface area (Å²) in [4.78, 5) is 13.5. The van der Waals surface area contributed by atoms with Crippen LogP contribution in [0.2, 0.25) is 10.0 Å². The second kappa shape index (κ2) is 8.58. The molecular weight excluding hydrogens is 329 g/mol. The summed E-state index contributed by atoms with van der Waals surface area (Å²) in [6.07, 6.45) is -0.127. The van der Waals surface area contributed by atoms with Crippen LogP contribution in [0.4, 0.5) is 0 Å². The molecule has 1 heterocycles. The Kier molecular flexibility index (Phi) is 6.76. The fourth-order valence-electron chi connectivity index (χ4n) is 2.18. The molecule has 0 aliphatic carbocycles. The maximum atomic E-state index is 11.5. The molecule has 7 heteroatoms. The van der Waals surface area contributed by atoms with Crippen LogP contribution in [0.15, 0.2) is 18.2 Å². The van der Waals surface area contributed by atoms with Gasteiger partial charge in [-0.3, -0.25) is 9.69 Å². The molecule has 0 saturated carbocycles. The number of hydrogen-bond acceptors (Lipinski definition) is 5. The van der Waals surface area contributed by atoms with Crippen LogP contribution in [-0.4, -0.2) is 56.4 Å². The van der Waals surface area contributed by atoms with Gasteiger partial charge in [-0.15, -0.1) is 0 Å². The molecule has 1 fully saturated rings. The van der Waals surface area contributed by atoms with E-state index in [-0.39, 0.29) is 18.6 Å². The van der Waals surface area contributed by atoms with E-state index in [1.807, 2.05) is 4.90 Å². The number of morpholine rings is 1. The lowest BCUT2D eigenvalue weighted by atomic mass is 10.3. The van der Waals surface area contributed by atoms with Crippen LogP contribution in [-0.2, 0) is 14.3 Å². The van der Waals surface area contributed by atoms with Gasteiger partial charge >= 0.3 is 5.97 Å². The zero-order valence-electron chi connectivity index (χ0n) is 12.4. The topological polar surface area (TPSA) is 48.0 Å². The van der Waals surface area contributed by atoms with Crippen molar-refractivity contribution in [2.45, 2.75) is 13.0 Å². The van der Waals surface area contributed by atoms with Crippen molar-refractivity contribution in [1.82, 2.24) is 4.90 Å². The maximum Gasteiger partial charge on any atom is 0.320 e. The molecule has 0 N–H and O–H groups in total. The number of benzene rings is 1. The maximum absolute atomic E-state index is 11.5. The lowest BCUT2D eigenvalue weighted by Crippen LogP contribution is -2.47. The van der Waals surface area contributed by atoms with Gasteiger partial charge in [0, 0.05) is 24.2 Å². The number of carbonyl (C=O) groups is 1. The van der Waals surface area contributed by atoms with Gasteiger partial charge in [-0.25, -0.2) is 0 Å². The van der Waals surface area contributed by atoms with Crippen LogP contribution in [0.3, 0.4) is 0 Å². The standard InChI is InChI=1S/C15H19Cl2NO4/c1-2-20-15(19)9-18-5-6-21-12(8-18)10-22-14-7-11(16)3-4-13(14)17/h3-4,7,12H,2,5-6,8-10H2,1H3. The SMILES string of the molecule is CCOC(=O)CN1CCOC(COc2cc(Cl)ccc2Cl)C1. The molecular formula is C15H19Cl2NO4. The lowest BCUT2D eigenvalue weighted by molar-refractivity contribution is -0.146. The van der Waals surface area contributed by atoms with Gasteiger partial charge in [0.1, 0.15) is 18.5 Å². The number of rotatable bonds is 6. The van der Waals surface area contributed by atoms with Crippen LogP contribution >= 0.6 is 23.2 Å². The second-order valence-corrected chi connectivity index (χ2v) is 5.76. The van der Waals surface area contributed by atoms with E-state index in [0.717, 1.165) is 0 Å². The number of ether oxygens (including phenoxy) is 3. The molecule has 1 aliphatic rings. The predicted octanol–water partition coefficient (Wildman–Crippen LogP) is 2.64. The molecule has 1 unspecified atom stereocenters. The van der Waals surface area contributed by atoms with Gasteiger partial charge in [-0.2, -0.15) is 0 Å². The third kappa shape index (κ3) is 5.32. The van der Waals surface area contributed by atoms with Crippen molar-refractivity contribution < 1.29 is 19.0 Å². The van der Waals surface area contributed by atoms with E-state index in [1.54, 1.807) is 25.1 Å². The monoisotopic (exact) mass is 347 g/mol. The first-order valence-corrected chi connectivity index (χ1v) is 7.91. The van der Waals surface area contributed by atoms with Crippen molar-refractivity contribution >= 4 is 29.2 Å². The Hall–Kier alpha value is -1.01. The number of carbonyl (C=O) groups excluding carboxylic acids is 1. The number of esters is 1. The summed E-state index contributed by atoms with van der Waals surface area (Å²) in [6.45, 7) is 4.66. The van der Waals surface area contributed by atoms with Crippen LogP contribution in [0.25, 0.3) is 0 Å². The van der Waals surface area contributed by atoms with E-state index in [1.165, 1.54) is 0 Å². The molecule has 5 nitrogen and oxygen atoms in total. The summed E-state index contributed by atoms with van der Waals surface area (Å²) in [6, 6.07) is 5.06. The van der Waals surface area contributed by atoms with E-state index in [0.29, 0.717) is 48.7 Å². The molecule has 0 radical (unpaired) electrons. The van der Waals surface area contributed by atoms with Crippen molar-refractivity contribution in [2.24, 2.45) is 0 Å². The zero-order chi connectivity index (χ0) is 15.9. The molecule has 2 rings (SSSR count). The highest BCUT2D eigenvalue weighted by Gasteiger charge is 2.23. The average molecular weight is 348 g/mol. The first-order valence-electron chi connectivity index (χ1n) is 7.16. The minimum Gasteiger partial charge on any atom is -0.489 e. The highest BCUT2D eigenvalue weighted by molar-refractivity contribution is 6.34. The minimum atomic E-state index is -0.220. The number of nitrogens with zero attached hydrogens (tertiary/aromatic N) is 1. The molecule has 0 bridgehead atoms. The normalized spacial score (nSPS) is 19.0. The van der Waals surface area contributed by atoms with Crippen molar-refractivity contribution in [2.75, 3.05) is 39.5 Å². The Bertz CT molecular complexity index is 512. The highest BCUT2D eigenvalue weighted by Crippen LogP contribution is 2.28. The summed E-state index contributed by atoms with van der Waals surface area (Å²) in [7, 11) is 0. The third-order valence-electron chi connectivity index (χ3n) is 3.20. The number of hydrogen-bond donors (Lipinski definition) is 0. The molecule has 0 aromatic heterocycles. The third-order valence-corrected chi connectivity index (χ3v) is 3.75.